The molecule has 0 spiro atoms. The van der Waals surface area contributed by atoms with E-state index in [1.54, 1.807) is 17.6 Å². The van der Waals surface area contributed by atoms with E-state index >= 15 is 0 Å². The molecule has 0 aliphatic heterocycles. The minimum atomic E-state index is -0.393. The Hall–Kier alpha value is -4.40. The molecule has 3 N–H and O–H groups in total. The van der Waals surface area contributed by atoms with E-state index < -0.39 is 11.4 Å². The number of aromatic nitrogens is 3. The largest absolute Gasteiger partial charge is 0.493 e. The molecule has 2 aromatic carbocycles. The van der Waals surface area contributed by atoms with Crippen LogP contribution in [0.2, 0.25) is 0 Å². The normalized spacial score (nSPS) is 13.1. The van der Waals surface area contributed by atoms with Gasteiger partial charge in [-0.25, -0.2) is 0 Å². The lowest BCUT2D eigenvalue weighted by molar-refractivity contribution is 0.414. The summed E-state index contributed by atoms with van der Waals surface area (Å²) in [6, 6.07) is 17.0. The monoisotopic (exact) mass is 515 g/mol. The zero-order chi connectivity index (χ0) is 27.1. The first kappa shape index (κ1) is 26.7. The smallest absolute Gasteiger partial charge is 0.269 e. The minimum Gasteiger partial charge on any atom is -0.493 e. The highest BCUT2D eigenvalue weighted by molar-refractivity contribution is 5.89. The van der Waals surface area contributed by atoms with E-state index in [1.807, 2.05) is 61.5 Å². The van der Waals surface area contributed by atoms with Gasteiger partial charge in [-0.3, -0.25) is 9.36 Å². The number of hydrogen-bond acceptors (Lipinski definition) is 8. The van der Waals surface area contributed by atoms with Gasteiger partial charge < -0.3 is 20.2 Å². The molecule has 2 aromatic heterocycles. The van der Waals surface area contributed by atoms with Crippen LogP contribution >= 0.6 is 0 Å². The molecule has 0 saturated carbocycles. The average Bonchev–Trinajstić information content (AvgIpc) is 3.35. The number of ether oxygens (including phenoxy) is 1. The van der Waals surface area contributed by atoms with Gasteiger partial charge in [0.2, 0.25) is 11.8 Å². The van der Waals surface area contributed by atoms with Crippen molar-refractivity contribution in [3.63, 3.8) is 0 Å². The van der Waals surface area contributed by atoms with Crippen LogP contribution in [0.4, 0.5) is 0 Å². The summed E-state index contributed by atoms with van der Waals surface area (Å²) in [5.41, 5.74) is 1.76. The first-order chi connectivity index (χ1) is 18.5. The maximum absolute atomic E-state index is 14.1. The lowest BCUT2D eigenvalue weighted by atomic mass is 10.0. The number of nitrogens with zero attached hydrogens (tertiary/aromatic N) is 4. The number of fused-ring (bicyclic) bond motifs is 1. The van der Waals surface area contributed by atoms with E-state index in [2.05, 4.69) is 22.2 Å². The van der Waals surface area contributed by atoms with Crippen molar-refractivity contribution >= 4 is 22.6 Å². The van der Waals surface area contributed by atoms with E-state index in [4.69, 9.17) is 15.1 Å². The van der Waals surface area contributed by atoms with Crippen LogP contribution in [0.25, 0.3) is 16.7 Å². The van der Waals surface area contributed by atoms with Crippen molar-refractivity contribution in [2.75, 3.05) is 0 Å². The summed E-state index contributed by atoms with van der Waals surface area (Å²) in [4.78, 5) is 18.5. The predicted octanol–water partition coefficient (Wildman–Crippen LogP) is 5.32. The van der Waals surface area contributed by atoms with E-state index in [0.29, 0.717) is 29.9 Å². The van der Waals surface area contributed by atoms with Gasteiger partial charge in [-0.2, -0.15) is 4.98 Å². The molecule has 0 radical (unpaired) electrons. The standard InChI is InChI=1S/C29H33N5O4/c1-4-7-17-25-31-28(35)27(29(36)34(25)22(5-2)19-13-9-8-10-14-19)23(6-3)37-26(32-30)18-21-20-15-11-12-16-24(20)38-33-21/h6,8-16,22,35H,4-5,7,17-18,30H2,1-3H3/b23-6-,32-26-. The fourth-order valence-corrected chi connectivity index (χ4v) is 4.55. The molecule has 2 heterocycles. The van der Waals surface area contributed by atoms with Gasteiger partial charge in [-0.1, -0.05) is 67.9 Å². The Morgan fingerprint density at radius 3 is 2.61 bits per heavy atom. The summed E-state index contributed by atoms with van der Waals surface area (Å²) in [5.74, 6) is 6.01. The molecule has 4 aromatic rings. The summed E-state index contributed by atoms with van der Waals surface area (Å²) in [5, 5.41) is 19.7. The predicted molar refractivity (Wildman–Crippen MR) is 148 cm³/mol. The van der Waals surface area contributed by atoms with Crippen molar-refractivity contribution in [2.45, 2.75) is 58.9 Å². The van der Waals surface area contributed by atoms with Crippen LogP contribution < -0.4 is 11.4 Å². The van der Waals surface area contributed by atoms with Gasteiger partial charge in [-0.15, -0.1) is 5.10 Å². The van der Waals surface area contributed by atoms with E-state index in [9.17, 15) is 9.90 Å². The molecule has 9 heteroatoms. The number of allylic oxidation sites excluding steroid dienone is 1. The number of aromatic hydroxyl groups is 1. The van der Waals surface area contributed by atoms with Crippen LogP contribution in [-0.4, -0.2) is 25.7 Å². The number of nitrogens with two attached hydrogens (primary N) is 1. The molecular formula is C29H33N5O4. The SMILES string of the molecule is C/C=C(\O/C(Cc1noc2ccccc12)=N\N)c1c(O)nc(CCCC)n(C(CC)c2ccccc2)c1=O. The second kappa shape index (κ2) is 12.2. The van der Waals surface area contributed by atoms with Crippen molar-refractivity contribution in [1.29, 1.82) is 0 Å². The second-order valence-electron chi connectivity index (χ2n) is 8.92. The number of benzene rings is 2. The zero-order valence-electron chi connectivity index (χ0n) is 21.9. The third-order valence-electron chi connectivity index (χ3n) is 6.46. The second-order valence-corrected chi connectivity index (χ2v) is 8.92. The summed E-state index contributed by atoms with van der Waals surface area (Å²) in [6.45, 7) is 5.80. The fraction of sp³-hybridized carbons (Fsp3) is 0.310. The highest BCUT2D eigenvalue weighted by Gasteiger charge is 2.26. The van der Waals surface area contributed by atoms with Crippen LogP contribution in [0, 0.1) is 0 Å². The average molecular weight is 516 g/mol. The van der Waals surface area contributed by atoms with Crippen molar-refractivity contribution in [2.24, 2.45) is 10.9 Å². The lowest BCUT2D eigenvalue weighted by Gasteiger charge is -2.24. The van der Waals surface area contributed by atoms with Crippen molar-refractivity contribution in [3.8, 4) is 5.88 Å². The first-order valence-electron chi connectivity index (χ1n) is 12.9. The van der Waals surface area contributed by atoms with E-state index in [-0.39, 0.29) is 29.7 Å². The molecule has 1 unspecified atom stereocenters. The topological polar surface area (TPSA) is 129 Å². The Morgan fingerprint density at radius 1 is 1.18 bits per heavy atom. The molecule has 0 amide bonds. The van der Waals surface area contributed by atoms with Crippen LogP contribution in [0.5, 0.6) is 5.88 Å². The lowest BCUT2D eigenvalue weighted by Crippen LogP contribution is -2.32. The van der Waals surface area contributed by atoms with Crippen molar-refractivity contribution < 1.29 is 14.4 Å². The van der Waals surface area contributed by atoms with Crippen LogP contribution in [0.3, 0.4) is 0 Å². The minimum absolute atomic E-state index is 0.0479. The number of para-hydroxylation sites is 1. The van der Waals surface area contributed by atoms with Crippen LogP contribution in [-0.2, 0) is 17.6 Å². The summed E-state index contributed by atoms with van der Waals surface area (Å²) >= 11 is 0. The van der Waals surface area contributed by atoms with Crippen LogP contribution in [0.15, 0.2) is 75.1 Å². The Bertz CT molecular complexity index is 1500. The molecule has 0 saturated heterocycles. The van der Waals surface area contributed by atoms with Gasteiger partial charge in [0.1, 0.15) is 22.8 Å². The molecule has 0 aliphatic carbocycles. The maximum atomic E-state index is 14.1. The highest BCUT2D eigenvalue weighted by atomic mass is 16.5. The van der Waals surface area contributed by atoms with Gasteiger partial charge in [0.05, 0.1) is 12.5 Å². The van der Waals surface area contributed by atoms with Gasteiger partial charge in [0.15, 0.2) is 5.58 Å². The molecule has 0 aliphatic rings. The zero-order valence-corrected chi connectivity index (χ0v) is 21.9. The molecule has 9 nitrogen and oxygen atoms in total. The number of rotatable bonds is 10. The summed E-state index contributed by atoms with van der Waals surface area (Å²) < 4.78 is 13.1. The summed E-state index contributed by atoms with van der Waals surface area (Å²) in [7, 11) is 0. The molecular weight excluding hydrogens is 482 g/mol. The number of aryl methyl sites for hydroxylation is 1. The molecule has 4 rings (SSSR count). The van der Waals surface area contributed by atoms with E-state index in [1.165, 1.54) is 0 Å². The van der Waals surface area contributed by atoms with Crippen molar-refractivity contribution in [3.05, 3.63) is 93.7 Å². The number of unbranched alkanes of at least 4 members (excludes halogenated alkanes) is 1. The van der Waals surface area contributed by atoms with Gasteiger partial charge in [0.25, 0.3) is 5.56 Å². The molecule has 0 fully saturated rings. The third-order valence-corrected chi connectivity index (χ3v) is 6.46. The Balaban J connectivity index is 1.75. The fourth-order valence-electron chi connectivity index (χ4n) is 4.55. The van der Waals surface area contributed by atoms with Gasteiger partial charge in [0, 0.05) is 11.8 Å². The molecule has 198 valence electrons. The highest BCUT2D eigenvalue weighted by Crippen LogP contribution is 2.28. The third kappa shape index (κ3) is 5.46. The quantitative estimate of drug-likeness (QED) is 0.0961. The number of hydrogen-bond donors (Lipinski definition) is 2. The Labute approximate surface area is 221 Å². The maximum Gasteiger partial charge on any atom is 0.269 e. The molecule has 1 atom stereocenters. The summed E-state index contributed by atoms with van der Waals surface area (Å²) in [6.07, 6.45) is 4.70. The van der Waals surface area contributed by atoms with Gasteiger partial charge in [-0.05, 0) is 43.5 Å². The first-order valence-corrected chi connectivity index (χ1v) is 12.9. The number of hydrazone groups is 1. The van der Waals surface area contributed by atoms with Crippen molar-refractivity contribution in [1.82, 2.24) is 14.7 Å². The van der Waals surface area contributed by atoms with E-state index in [0.717, 1.165) is 23.8 Å². The Kier molecular flexibility index (Phi) is 8.58. The molecule has 38 heavy (non-hydrogen) atoms. The Morgan fingerprint density at radius 2 is 1.92 bits per heavy atom. The molecule has 0 bridgehead atoms. The van der Waals surface area contributed by atoms with Gasteiger partial charge >= 0.3 is 0 Å². The van der Waals surface area contributed by atoms with Crippen LogP contribution in [0.1, 0.15) is 68.7 Å².